The monoisotopic (exact) mass is 174 g/mol. The maximum atomic E-state index is 5.46. The number of hydrogen-bond acceptors (Lipinski definition) is 3. The van der Waals surface area contributed by atoms with Crippen LogP contribution in [0.5, 0.6) is 0 Å². The zero-order valence-corrected chi connectivity index (χ0v) is 8.55. The molecule has 0 rings (SSSR count). The van der Waals surface area contributed by atoms with E-state index in [1.54, 1.807) is 0 Å². The van der Waals surface area contributed by atoms with Crippen LogP contribution in [0.1, 0.15) is 20.8 Å². The van der Waals surface area contributed by atoms with Crippen LogP contribution in [0.2, 0.25) is 0 Å². The Morgan fingerprint density at radius 3 is 2.33 bits per heavy atom. The summed E-state index contributed by atoms with van der Waals surface area (Å²) in [6.45, 7) is 10.9. The van der Waals surface area contributed by atoms with Gasteiger partial charge in [0.05, 0.1) is 12.7 Å². The standard InChI is InChI=1S/C9H22N2O/c1-4-11(5-2)6-7-12-9(3)8-10/h9H,4-8,10H2,1-3H3. The predicted molar refractivity (Wildman–Crippen MR) is 52.3 cm³/mol. The minimum Gasteiger partial charge on any atom is -0.376 e. The van der Waals surface area contributed by atoms with Gasteiger partial charge in [-0.1, -0.05) is 13.8 Å². The highest BCUT2D eigenvalue weighted by atomic mass is 16.5. The Bertz CT molecular complexity index is 94.5. The summed E-state index contributed by atoms with van der Waals surface area (Å²) < 4.78 is 5.46. The van der Waals surface area contributed by atoms with E-state index in [0.29, 0.717) is 6.54 Å². The van der Waals surface area contributed by atoms with E-state index >= 15 is 0 Å². The van der Waals surface area contributed by atoms with Crippen LogP contribution in [0.15, 0.2) is 0 Å². The fourth-order valence-electron chi connectivity index (χ4n) is 0.991. The minimum atomic E-state index is 0.195. The third-order valence-corrected chi connectivity index (χ3v) is 2.04. The van der Waals surface area contributed by atoms with Crippen LogP contribution in [0, 0.1) is 0 Å². The van der Waals surface area contributed by atoms with Crippen molar-refractivity contribution < 1.29 is 4.74 Å². The molecule has 0 aromatic carbocycles. The zero-order valence-electron chi connectivity index (χ0n) is 8.55. The Morgan fingerprint density at radius 1 is 1.33 bits per heavy atom. The van der Waals surface area contributed by atoms with Crippen molar-refractivity contribution in [3.63, 3.8) is 0 Å². The smallest absolute Gasteiger partial charge is 0.0669 e. The lowest BCUT2D eigenvalue weighted by atomic mass is 10.4. The molecule has 12 heavy (non-hydrogen) atoms. The average Bonchev–Trinajstić information content (AvgIpc) is 2.12. The Hall–Kier alpha value is -0.120. The first-order valence-corrected chi connectivity index (χ1v) is 4.78. The van der Waals surface area contributed by atoms with Gasteiger partial charge in [-0.25, -0.2) is 0 Å². The fourth-order valence-corrected chi connectivity index (χ4v) is 0.991. The van der Waals surface area contributed by atoms with Gasteiger partial charge >= 0.3 is 0 Å². The lowest BCUT2D eigenvalue weighted by Gasteiger charge is -2.19. The van der Waals surface area contributed by atoms with Gasteiger partial charge in [0.2, 0.25) is 0 Å². The summed E-state index contributed by atoms with van der Waals surface area (Å²) >= 11 is 0. The Morgan fingerprint density at radius 2 is 1.92 bits per heavy atom. The van der Waals surface area contributed by atoms with Gasteiger partial charge in [-0.05, 0) is 20.0 Å². The molecule has 0 amide bonds. The molecule has 1 unspecified atom stereocenters. The van der Waals surface area contributed by atoms with Crippen LogP contribution < -0.4 is 5.73 Å². The van der Waals surface area contributed by atoms with Crippen LogP contribution in [0.3, 0.4) is 0 Å². The van der Waals surface area contributed by atoms with Gasteiger partial charge in [0, 0.05) is 13.1 Å². The van der Waals surface area contributed by atoms with E-state index in [-0.39, 0.29) is 6.10 Å². The average molecular weight is 174 g/mol. The number of rotatable bonds is 7. The molecule has 3 nitrogen and oxygen atoms in total. The minimum absolute atomic E-state index is 0.195. The number of hydrogen-bond donors (Lipinski definition) is 1. The first-order valence-electron chi connectivity index (χ1n) is 4.78. The molecule has 0 bridgehead atoms. The molecule has 0 aliphatic rings. The number of likely N-dealkylation sites (N-methyl/N-ethyl adjacent to an activating group) is 1. The molecule has 0 heterocycles. The number of nitrogens with two attached hydrogens (primary N) is 1. The van der Waals surface area contributed by atoms with Gasteiger partial charge in [0.25, 0.3) is 0 Å². The third-order valence-electron chi connectivity index (χ3n) is 2.04. The van der Waals surface area contributed by atoms with Crippen LogP contribution in [-0.2, 0) is 4.74 Å². The van der Waals surface area contributed by atoms with Crippen LogP contribution in [0.4, 0.5) is 0 Å². The first-order chi connectivity index (χ1) is 5.74. The molecule has 0 saturated heterocycles. The summed E-state index contributed by atoms with van der Waals surface area (Å²) in [6.07, 6.45) is 0.195. The van der Waals surface area contributed by atoms with Crippen molar-refractivity contribution in [1.29, 1.82) is 0 Å². The van der Waals surface area contributed by atoms with E-state index in [4.69, 9.17) is 10.5 Å². The zero-order chi connectivity index (χ0) is 9.40. The second kappa shape index (κ2) is 7.53. The highest BCUT2D eigenvalue weighted by Gasteiger charge is 2.01. The van der Waals surface area contributed by atoms with Crippen molar-refractivity contribution in [3.05, 3.63) is 0 Å². The molecule has 0 radical (unpaired) electrons. The third kappa shape index (κ3) is 5.52. The predicted octanol–water partition coefficient (Wildman–Crippen LogP) is 0.692. The van der Waals surface area contributed by atoms with E-state index in [1.165, 1.54) is 0 Å². The maximum absolute atomic E-state index is 5.46. The summed E-state index contributed by atoms with van der Waals surface area (Å²) in [6, 6.07) is 0. The van der Waals surface area contributed by atoms with Crippen molar-refractivity contribution in [3.8, 4) is 0 Å². The van der Waals surface area contributed by atoms with Gasteiger partial charge in [-0.3, -0.25) is 0 Å². The van der Waals surface area contributed by atoms with Gasteiger partial charge in [0.15, 0.2) is 0 Å². The van der Waals surface area contributed by atoms with Crippen molar-refractivity contribution >= 4 is 0 Å². The molecule has 0 aromatic heterocycles. The van der Waals surface area contributed by atoms with Crippen molar-refractivity contribution in [1.82, 2.24) is 4.90 Å². The lowest BCUT2D eigenvalue weighted by molar-refractivity contribution is 0.0552. The summed E-state index contributed by atoms with van der Waals surface area (Å²) in [4.78, 5) is 2.34. The highest BCUT2D eigenvalue weighted by Crippen LogP contribution is 1.90. The van der Waals surface area contributed by atoms with Crippen LogP contribution >= 0.6 is 0 Å². The molecule has 74 valence electrons. The second-order valence-corrected chi connectivity index (χ2v) is 2.94. The molecule has 0 aliphatic heterocycles. The summed E-state index contributed by atoms with van der Waals surface area (Å²) in [5.41, 5.74) is 5.42. The molecule has 3 heteroatoms. The summed E-state index contributed by atoms with van der Waals surface area (Å²) in [7, 11) is 0. The van der Waals surface area contributed by atoms with E-state index in [9.17, 15) is 0 Å². The number of ether oxygens (including phenoxy) is 1. The molecular weight excluding hydrogens is 152 g/mol. The molecule has 0 saturated carbocycles. The normalized spacial score (nSPS) is 13.8. The van der Waals surface area contributed by atoms with E-state index in [1.807, 2.05) is 6.92 Å². The van der Waals surface area contributed by atoms with Gasteiger partial charge in [-0.15, -0.1) is 0 Å². The van der Waals surface area contributed by atoms with Crippen molar-refractivity contribution in [2.75, 3.05) is 32.8 Å². The topological polar surface area (TPSA) is 38.5 Å². The van der Waals surface area contributed by atoms with E-state index in [2.05, 4.69) is 18.7 Å². The molecular formula is C9H22N2O. The second-order valence-electron chi connectivity index (χ2n) is 2.94. The molecule has 0 fully saturated rings. The van der Waals surface area contributed by atoms with Crippen molar-refractivity contribution in [2.45, 2.75) is 26.9 Å². The largest absolute Gasteiger partial charge is 0.376 e. The molecule has 1 atom stereocenters. The van der Waals surface area contributed by atoms with E-state index in [0.717, 1.165) is 26.2 Å². The Kier molecular flexibility index (Phi) is 7.45. The Labute approximate surface area is 75.9 Å². The van der Waals surface area contributed by atoms with E-state index < -0.39 is 0 Å². The maximum Gasteiger partial charge on any atom is 0.0669 e. The highest BCUT2D eigenvalue weighted by molar-refractivity contribution is 4.53. The van der Waals surface area contributed by atoms with Gasteiger partial charge in [0.1, 0.15) is 0 Å². The van der Waals surface area contributed by atoms with Crippen LogP contribution in [0.25, 0.3) is 0 Å². The Balaban J connectivity index is 3.28. The lowest BCUT2D eigenvalue weighted by Crippen LogP contribution is -2.29. The van der Waals surface area contributed by atoms with Gasteiger partial charge < -0.3 is 15.4 Å². The summed E-state index contributed by atoms with van der Waals surface area (Å²) in [5, 5.41) is 0. The summed E-state index contributed by atoms with van der Waals surface area (Å²) in [5.74, 6) is 0. The molecule has 2 N–H and O–H groups in total. The molecule has 0 spiro atoms. The molecule has 0 aromatic rings. The SMILES string of the molecule is CCN(CC)CCOC(C)CN. The van der Waals surface area contributed by atoms with Crippen molar-refractivity contribution in [2.24, 2.45) is 5.73 Å². The molecule has 0 aliphatic carbocycles. The van der Waals surface area contributed by atoms with Crippen LogP contribution in [-0.4, -0.2) is 43.8 Å². The van der Waals surface area contributed by atoms with Gasteiger partial charge in [-0.2, -0.15) is 0 Å². The fraction of sp³-hybridized carbons (Fsp3) is 1.00. The number of nitrogens with zero attached hydrogens (tertiary/aromatic N) is 1. The first kappa shape index (κ1) is 11.9. The quantitative estimate of drug-likeness (QED) is 0.617.